The van der Waals surface area contributed by atoms with Crippen LogP contribution in [0.15, 0.2) is 36.4 Å². The van der Waals surface area contributed by atoms with Gasteiger partial charge in [-0.3, -0.25) is 19.2 Å². The van der Waals surface area contributed by atoms with Gasteiger partial charge in [-0.2, -0.15) is 0 Å². The van der Waals surface area contributed by atoms with Gasteiger partial charge in [-0.25, -0.2) is 9.97 Å². The molecule has 2 aromatic carbocycles. The molecule has 4 fully saturated rings. The summed E-state index contributed by atoms with van der Waals surface area (Å²) in [6.45, 7) is 6.26. The molecule has 2 aromatic heterocycles. The second-order valence-electron chi connectivity index (χ2n) is 14.1. The summed E-state index contributed by atoms with van der Waals surface area (Å²) in [7, 11) is 0. The van der Waals surface area contributed by atoms with Crippen LogP contribution in [0.2, 0.25) is 0 Å². The first-order chi connectivity index (χ1) is 24.2. The van der Waals surface area contributed by atoms with E-state index in [0.717, 1.165) is 83.4 Å². The number of likely N-dealkylation sites (tertiary alicyclic amines) is 4. The summed E-state index contributed by atoms with van der Waals surface area (Å²) in [6, 6.07) is 10.5. The number of H-pyrrole nitrogens is 2. The minimum atomic E-state index is -0.465. The number of imidazole rings is 2. The SMILES string of the molecule is C[C@@H](C(=O)N1CCC[C@H]1c1nc2ccc(C#Cc3ccc4nc([C@@H]5CCCN5C(=O)[C@H](C)N5CCCC5=O)[nH]c4c3)cc2[nH]1)N1CCCC1=O. The maximum absolute atomic E-state index is 13.5. The van der Waals surface area contributed by atoms with E-state index in [1.807, 2.05) is 60.0 Å². The van der Waals surface area contributed by atoms with E-state index in [1.165, 1.54) is 0 Å². The number of hydrogen-bond donors (Lipinski definition) is 2. The molecule has 4 saturated heterocycles. The molecule has 0 aliphatic carbocycles. The summed E-state index contributed by atoms with van der Waals surface area (Å²) < 4.78 is 0. The summed E-state index contributed by atoms with van der Waals surface area (Å²) in [5.74, 6) is 8.16. The van der Waals surface area contributed by atoms with Gasteiger partial charge in [-0.15, -0.1) is 0 Å². The number of carbonyl (C=O) groups is 4. The molecule has 0 saturated carbocycles. The summed E-state index contributed by atoms with van der Waals surface area (Å²) >= 11 is 0. The molecule has 8 rings (SSSR count). The second-order valence-corrected chi connectivity index (χ2v) is 14.1. The quantitative estimate of drug-likeness (QED) is 0.294. The van der Waals surface area contributed by atoms with Crippen molar-refractivity contribution < 1.29 is 19.2 Å². The van der Waals surface area contributed by atoms with Gasteiger partial charge in [-0.05, 0) is 88.8 Å². The average Bonchev–Trinajstić information content (AvgIpc) is 3.97. The van der Waals surface area contributed by atoms with Crippen LogP contribution in [0.5, 0.6) is 0 Å². The van der Waals surface area contributed by atoms with Crippen LogP contribution in [0, 0.1) is 11.8 Å². The fraction of sp³-hybridized carbons (Fsp3) is 0.474. The minimum Gasteiger partial charge on any atom is -0.340 e. The van der Waals surface area contributed by atoms with E-state index < -0.39 is 12.1 Å². The zero-order chi connectivity index (χ0) is 34.5. The molecule has 0 unspecified atom stereocenters. The van der Waals surface area contributed by atoms with Crippen molar-refractivity contribution in [2.75, 3.05) is 26.2 Å². The Labute approximate surface area is 290 Å². The first kappa shape index (κ1) is 32.0. The third-order valence-corrected chi connectivity index (χ3v) is 10.9. The molecule has 6 heterocycles. The number of aromatic nitrogens is 4. The van der Waals surface area contributed by atoms with Gasteiger partial charge in [-0.1, -0.05) is 11.8 Å². The van der Waals surface area contributed by atoms with E-state index >= 15 is 0 Å². The van der Waals surface area contributed by atoms with E-state index in [0.29, 0.717) is 39.0 Å². The Morgan fingerprint density at radius 2 is 1.12 bits per heavy atom. The van der Waals surface area contributed by atoms with Crippen LogP contribution in [-0.4, -0.2) is 101 Å². The monoisotopic (exact) mass is 674 g/mol. The number of hydrogen-bond acceptors (Lipinski definition) is 6. The smallest absolute Gasteiger partial charge is 0.245 e. The molecule has 50 heavy (non-hydrogen) atoms. The summed E-state index contributed by atoms with van der Waals surface area (Å²) in [4.78, 5) is 75.3. The van der Waals surface area contributed by atoms with Crippen molar-refractivity contribution >= 4 is 45.7 Å². The number of fused-ring (bicyclic) bond motifs is 2. The van der Waals surface area contributed by atoms with Gasteiger partial charge in [0.1, 0.15) is 23.7 Å². The number of carbonyl (C=O) groups excluding carboxylic acids is 4. The molecule has 4 aliphatic rings. The van der Waals surface area contributed by atoms with Crippen LogP contribution in [0.25, 0.3) is 22.1 Å². The van der Waals surface area contributed by atoms with Gasteiger partial charge in [0.2, 0.25) is 23.6 Å². The summed E-state index contributed by atoms with van der Waals surface area (Å²) in [5, 5.41) is 0. The Morgan fingerprint density at radius 1 is 0.680 bits per heavy atom. The highest BCUT2D eigenvalue weighted by Gasteiger charge is 2.39. The highest BCUT2D eigenvalue weighted by atomic mass is 16.2. The number of benzene rings is 2. The fourth-order valence-electron chi connectivity index (χ4n) is 8.21. The predicted molar refractivity (Wildman–Crippen MR) is 186 cm³/mol. The lowest BCUT2D eigenvalue weighted by molar-refractivity contribution is -0.143. The lowest BCUT2D eigenvalue weighted by Gasteiger charge is -2.30. The Bertz CT molecular complexity index is 1930. The van der Waals surface area contributed by atoms with Crippen molar-refractivity contribution in [3.8, 4) is 11.8 Å². The van der Waals surface area contributed by atoms with E-state index in [2.05, 4.69) is 21.8 Å². The Hall–Kier alpha value is -5.18. The van der Waals surface area contributed by atoms with Crippen molar-refractivity contribution in [1.82, 2.24) is 39.5 Å². The highest BCUT2D eigenvalue weighted by molar-refractivity contribution is 5.90. The van der Waals surface area contributed by atoms with Crippen molar-refractivity contribution in [2.24, 2.45) is 0 Å². The lowest BCUT2D eigenvalue weighted by Crippen LogP contribution is -2.47. The predicted octanol–water partition coefficient (Wildman–Crippen LogP) is 4.19. The van der Waals surface area contributed by atoms with Gasteiger partial charge in [0.05, 0.1) is 34.2 Å². The summed E-state index contributed by atoms with van der Waals surface area (Å²) in [5.41, 5.74) is 5.04. The topological polar surface area (TPSA) is 139 Å². The zero-order valence-corrected chi connectivity index (χ0v) is 28.6. The molecule has 4 atom stereocenters. The molecule has 4 aliphatic heterocycles. The van der Waals surface area contributed by atoms with Gasteiger partial charge >= 0.3 is 0 Å². The third kappa shape index (κ3) is 5.78. The van der Waals surface area contributed by atoms with Crippen LogP contribution in [0.3, 0.4) is 0 Å². The maximum Gasteiger partial charge on any atom is 0.245 e. The van der Waals surface area contributed by atoms with Crippen LogP contribution in [0.4, 0.5) is 0 Å². The van der Waals surface area contributed by atoms with Crippen LogP contribution < -0.4 is 0 Å². The van der Waals surface area contributed by atoms with Gasteiger partial charge < -0.3 is 29.6 Å². The first-order valence-electron chi connectivity index (χ1n) is 18.0. The third-order valence-electron chi connectivity index (χ3n) is 10.9. The molecule has 4 aromatic rings. The molecule has 12 heteroatoms. The Balaban J connectivity index is 0.971. The largest absolute Gasteiger partial charge is 0.340 e. The molecule has 0 radical (unpaired) electrons. The van der Waals surface area contributed by atoms with Crippen molar-refractivity contribution in [3.63, 3.8) is 0 Å². The van der Waals surface area contributed by atoms with E-state index in [9.17, 15) is 19.2 Å². The number of nitrogens with zero attached hydrogens (tertiary/aromatic N) is 6. The van der Waals surface area contributed by atoms with Crippen LogP contribution in [-0.2, 0) is 19.2 Å². The van der Waals surface area contributed by atoms with Crippen molar-refractivity contribution in [2.45, 2.75) is 89.4 Å². The normalized spacial score (nSPS) is 22.2. The molecule has 12 nitrogen and oxygen atoms in total. The molecule has 2 N–H and O–H groups in total. The molecular weight excluding hydrogens is 632 g/mol. The maximum atomic E-state index is 13.5. The number of nitrogens with one attached hydrogen (secondary N) is 2. The lowest BCUT2D eigenvalue weighted by atomic mass is 10.1. The van der Waals surface area contributed by atoms with Gasteiger partial charge in [0, 0.05) is 50.1 Å². The molecule has 0 spiro atoms. The van der Waals surface area contributed by atoms with Crippen LogP contribution in [0.1, 0.15) is 100 Å². The zero-order valence-electron chi connectivity index (χ0n) is 28.6. The number of aromatic amines is 2. The van der Waals surface area contributed by atoms with Crippen LogP contribution >= 0.6 is 0 Å². The number of rotatable bonds is 6. The van der Waals surface area contributed by atoms with Crippen molar-refractivity contribution in [1.29, 1.82) is 0 Å². The summed E-state index contributed by atoms with van der Waals surface area (Å²) in [6.07, 6.45) is 6.07. The minimum absolute atomic E-state index is 0.0185. The van der Waals surface area contributed by atoms with Gasteiger partial charge in [0.15, 0.2) is 0 Å². The molecular formula is C38H42N8O4. The highest BCUT2D eigenvalue weighted by Crippen LogP contribution is 2.34. The molecule has 258 valence electrons. The Morgan fingerprint density at radius 3 is 1.52 bits per heavy atom. The first-order valence-corrected chi connectivity index (χ1v) is 18.0. The fourth-order valence-corrected chi connectivity index (χ4v) is 8.21. The van der Waals surface area contributed by atoms with E-state index in [1.54, 1.807) is 9.80 Å². The molecule has 0 bridgehead atoms. The standard InChI is InChI=1S/C38H42N8O4/c1-23(43-17-5-9-33(43)47)37(49)45-19-3-7-31(45)35-39-27-15-13-25(21-29(27)41-35)11-12-26-14-16-28-30(22-26)42-36(40-28)32-8-4-20-46(32)38(50)24(2)44-18-6-10-34(44)48/h13-16,21-24,31-32H,3-10,17-20H2,1-2H3,(H,39,41)(H,40,42)/t23-,24-,31-,32-/m0/s1. The van der Waals surface area contributed by atoms with Crippen molar-refractivity contribution in [3.05, 3.63) is 59.2 Å². The van der Waals surface area contributed by atoms with Gasteiger partial charge in [0.25, 0.3) is 0 Å². The van der Waals surface area contributed by atoms with E-state index in [-0.39, 0.29) is 35.7 Å². The average molecular weight is 675 g/mol. The Kier molecular flexibility index (Phi) is 8.29. The number of amides is 4. The molecule has 4 amide bonds. The second kappa shape index (κ2) is 12.9. The van der Waals surface area contributed by atoms with E-state index in [4.69, 9.17) is 9.97 Å².